The molecule has 0 fully saturated rings. The number of nitrogens with zero attached hydrogens (tertiary/aromatic N) is 2. The second-order valence-corrected chi connectivity index (χ2v) is 6.63. The van der Waals surface area contributed by atoms with E-state index in [4.69, 9.17) is 25.8 Å². The Kier molecular flexibility index (Phi) is 5.58. The van der Waals surface area contributed by atoms with Crippen molar-refractivity contribution in [2.45, 2.75) is 13.1 Å². The van der Waals surface area contributed by atoms with Gasteiger partial charge in [0.2, 0.25) is 11.7 Å². The van der Waals surface area contributed by atoms with E-state index >= 15 is 0 Å². The Hall–Kier alpha value is -2.64. The van der Waals surface area contributed by atoms with Crippen molar-refractivity contribution in [1.29, 1.82) is 0 Å². The van der Waals surface area contributed by atoms with E-state index in [0.29, 0.717) is 52.2 Å². The zero-order chi connectivity index (χ0) is 19.1. The van der Waals surface area contributed by atoms with Crippen molar-refractivity contribution in [3.05, 3.63) is 50.8 Å². The molecule has 0 radical (unpaired) electrons. The van der Waals surface area contributed by atoms with E-state index in [1.165, 1.54) is 21.3 Å². The maximum atomic E-state index is 12.8. The molecule has 2 heterocycles. The van der Waals surface area contributed by atoms with Crippen molar-refractivity contribution in [1.82, 2.24) is 9.97 Å². The molecule has 1 aliphatic rings. The minimum atomic E-state index is -0.304. The lowest BCUT2D eigenvalue weighted by Crippen LogP contribution is -2.22. The molecule has 7 nitrogen and oxygen atoms in total. The first kappa shape index (κ1) is 20.1. The van der Waals surface area contributed by atoms with Crippen LogP contribution in [0, 0.1) is 0 Å². The third-order valence-electron chi connectivity index (χ3n) is 4.68. The fourth-order valence-corrected chi connectivity index (χ4v) is 3.61. The summed E-state index contributed by atoms with van der Waals surface area (Å²) in [6.07, 6.45) is 0. The van der Waals surface area contributed by atoms with Gasteiger partial charge in [-0.2, -0.15) is 0 Å². The highest BCUT2D eigenvalue weighted by molar-refractivity contribution is 6.30. The van der Waals surface area contributed by atoms with Gasteiger partial charge >= 0.3 is 0 Å². The fraction of sp³-hybridized carbons (Fsp3) is 0.263. The molecule has 0 aliphatic carbocycles. The average Bonchev–Trinajstić information content (AvgIpc) is 3.09. The zero-order valence-corrected chi connectivity index (χ0v) is 17.1. The van der Waals surface area contributed by atoms with Gasteiger partial charge < -0.3 is 19.1 Å². The molecule has 0 amide bonds. The van der Waals surface area contributed by atoms with Crippen LogP contribution in [0.15, 0.2) is 29.1 Å². The lowest BCUT2D eigenvalue weighted by Gasteiger charge is -2.18. The Labute approximate surface area is 172 Å². The van der Waals surface area contributed by atoms with E-state index in [0.717, 1.165) is 11.1 Å². The molecule has 3 aromatic rings. The lowest BCUT2D eigenvalue weighted by molar-refractivity contribution is 0.327. The van der Waals surface area contributed by atoms with Gasteiger partial charge in [-0.25, -0.2) is 4.98 Å². The van der Waals surface area contributed by atoms with Crippen LogP contribution in [0.25, 0.3) is 10.9 Å². The second-order valence-electron chi connectivity index (χ2n) is 6.20. The van der Waals surface area contributed by atoms with Crippen LogP contribution < -0.4 is 24.7 Å². The maximum absolute atomic E-state index is 12.8. The van der Waals surface area contributed by atoms with Crippen LogP contribution in [0.5, 0.6) is 17.2 Å². The molecular formula is C19H19Cl2N3O4. The van der Waals surface area contributed by atoms with Crippen molar-refractivity contribution >= 4 is 40.9 Å². The maximum Gasteiger partial charge on any atom is 0.264 e. The van der Waals surface area contributed by atoms with Crippen molar-refractivity contribution < 1.29 is 14.2 Å². The number of methoxy groups -OCH3 is 3. The summed E-state index contributed by atoms with van der Waals surface area (Å²) in [5.74, 6) is 1.58. The highest BCUT2D eigenvalue weighted by atomic mass is 35.5. The lowest BCUT2D eigenvalue weighted by atomic mass is 10.1. The Morgan fingerprint density at radius 1 is 1.04 bits per heavy atom. The van der Waals surface area contributed by atoms with Crippen molar-refractivity contribution in [2.24, 2.45) is 0 Å². The molecule has 1 aliphatic heterocycles. The standard InChI is InChI=1S/C19H18ClN3O4.ClH/c1-25-14-7-13-15(17(27-3)16(14)26-2)18(24)22-19(21-13)23-8-10-4-5-12(20)6-11(10)9-23;/h4-7H,8-9H2,1-3H3,(H,21,22,24);1H. The first-order chi connectivity index (χ1) is 13.0. The Bertz CT molecular complexity index is 1100. The summed E-state index contributed by atoms with van der Waals surface area (Å²) in [5, 5.41) is 1.01. The topological polar surface area (TPSA) is 76.7 Å². The Morgan fingerprint density at radius 2 is 1.75 bits per heavy atom. The van der Waals surface area contributed by atoms with Gasteiger partial charge in [0.15, 0.2) is 11.5 Å². The highest BCUT2D eigenvalue weighted by Gasteiger charge is 2.24. The summed E-state index contributed by atoms with van der Waals surface area (Å²) in [7, 11) is 4.50. The number of halogens is 2. The van der Waals surface area contributed by atoms with Crippen molar-refractivity contribution in [2.75, 3.05) is 26.2 Å². The van der Waals surface area contributed by atoms with Gasteiger partial charge in [0.05, 0.1) is 26.8 Å². The number of nitrogens with one attached hydrogen (secondary N) is 1. The Balaban J connectivity index is 0.00000225. The first-order valence-corrected chi connectivity index (χ1v) is 8.68. The third-order valence-corrected chi connectivity index (χ3v) is 4.91. The van der Waals surface area contributed by atoms with E-state index < -0.39 is 0 Å². The summed E-state index contributed by atoms with van der Waals surface area (Å²) in [4.78, 5) is 22.3. The molecule has 148 valence electrons. The average molecular weight is 424 g/mol. The number of aromatic amines is 1. The molecule has 0 spiro atoms. The molecule has 0 bridgehead atoms. The Morgan fingerprint density at radius 3 is 2.43 bits per heavy atom. The van der Waals surface area contributed by atoms with Crippen molar-refractivity contribution in [3.63, 3.8) is 0 Å². The molecule has 1 N–H and O–H groups in total. The van der Waals surface area contributed by atoms with Gasteiger partial charge in [0, 0.05) is 24.2 Å². The van der Waals surface area contributed by atoms with Gasteiger partial charge in [-0.1, -0.05) is 17.7 Å². The molecule has 0 saturated heterocycles. The summed E-state index contributed by atoms with van der Waals surface area (Å²) in [6.45, 7) is 1.26. The quantitative estimate of drug-likeness (QED) is 0.691. The van der Waals surface area contributed by atoms with Gasteiger partial charge in [-0.15, -0.1) is 12.4 Å². The van der Waals surface area contributed by atoms with E-state index in [-0.39, 0.29) is 18.0 Å². The fourth-order valence-electron chi connectivity index (χ4n) is 3.42. The molecule has 0 saturated carbocycles. The third kappa shape index (κ3) is 3.21. The minimum absolute atomic E-state index is 0. The van der Waals surface area contributed by atoms with Crippen molar-refractivity contribution in [3.8, 4) is 17.2 Å². The normalized spacial score (nSPS) is 12.5. The summed E-state index contributed by atoms with van der Waals surface area (Å²) in [6, 6.07) is 7.47. The predicted octanol–water partition coefficient (Wildman–Crippen LogP) is 3.54. The van der Waals surface area contributed by atoms with Crippen LogP contribution in [0.3, 0.4) is 0 Å². The number of anilines is 1. The minimum Gasteiger partial charge on any atom is -0.493 e. The SMILES string of the molecule is COc1cc2nc(N3Cc4ccc(Cl)cc4C3)[nH]c(=O)c2c(OC)c1OC.Cl. The van der Waals surface area contributed by atoms with Crippen LogP contribution in [0.1, 0.15) is 11.1 Å². The van der Waals surface area contributed by atoms with E-state index in [9.17, 15) is 4.79 Å². The molecule has 9 heteroatoms. The van der Waals surface area contributed by atoms with Gasteiger partial charge in [-0.05, 0) is 23.3 Å². The zero-order valence-electron chi connectivity index (χ0n) is 15.5. The molecule has 2 aromatic carbocycles. The summed E-state index contributed by atoms with van der Waals surface area (Å²) in [5.41, 5.74) is 2.45. The van der Waals surface area contributed by atoms with E-state index in [2.05, 4.69) is 9.97 Å². The van der Waals surface area contributed by atoms with Gasteiger partial charge in [0.1, 0.15) is 5.39 Å². The van der Waals surface area contributed by atoms with Crippen LogP contribution >= 0.6 is 24.0 Å². The number of benzene rings is 2. The second kappa shape index (κ2) is 7.77. The smallest absolute Gasteiger partial charge is 0.264 e. The summed E-state index contributed by atoms with van der Waals surface area (Å²) >= 11 is 6.08. The van der Waals surface area contributed by atoms with Gasteiger partial charge in [0.25, 0.3) is 5.56 Å². The molecule has 0 atom stereocenters. The largest absolute Gasteiger partial charge is 0.493 e. The molecule has 1 aromatic heterocycles. The van der Waals surface area contributed by atoms with E-state index in [1.54, 1.807) is 6.07 Å². The molecule has 0 unspecified atom stereocenters. The number of hydrogen-bond acceptors (Lipinski definition) is 6. The van der Waals surface area contributed by atoms with Crippen LogP contribution in [0.4, 0.5) is 5.95 Å². The first-order valence-electron chi connectivity index (χ1n) is 8.31. The number of hydrogen-bond donors (Lipinski definition) is 1. The number of aromatic nitrogens is 2. The molecule has 4 rings (SSSR count). The molecular weight excluding hydrogens is 405 g/mol. The van der Waals surface area contributed by atoms with Crippen LogP contribution in [0.2, 0.25) is 5.02 Å². The number of H-pyrrole nitrogens is 1. The van der Waals surface area contributed by atoms with Gasteiger partial charge in [-0.3, -0.25) is 9.78 Å². The van der Waals surface area contributed by atoms with E-state index in [1.807, 2.05) is 23.1 Å². The number of ether oxygens (including phenoxy) is 3. The predicted molar refractivity (Wildman–Crippen MR) is 111 cm³/mol. The summed E-state index contributed by atoms with van der Waals surface area (Å²) < 4.78 is 16.1. The monoisotopic (exact) mass is 423 g/mol. The highest BCUT2D eigenvalue weighted by Crippen LogP contribution is 2.41. The molecule has 28 heavy (non-hydrogen) atoms. The number of fused-ring (bicyclic) bond motifs is 2. The van der Waals surface area contributed by atoms with Crippen LogP contribution in [-0.4, -0.2) is 31.3 Å². The number of rotatable bonds is 4. The van der Waals surface area contributed by atoms with Crippen LogP contribution in [-0.2, 0) is 13.1 Å².